The van der Waals surface area contributed by atoms with Crippen molar-refractivity contribution in [3.8, 4) is 0 Å². The molecule has 0 bridgehead atoms. The standard InChI is InChI=1S/C21H21N5O/c27-21(18-10-22-13-23-11-18)26-7-5-15(6-8-26)19-4-3-16-9-17(14-1-2-14)12-24-20(16)25-19/h3-4,9-15H,1-2,5-8H2. The molecule has 3 aromatic heterocycles. The third kappa shape index (κ3) is 3.27. The molecule has 0 unspecified atom stereocenters. The molecule has 4 heterocycles. The number of nitrogens with zero attached hydrogens (tertiary/aromatic N) is 5. The van der Waals surface area contributed by atoms with Crippen LogP contribution in [-0.2, 0) is 0 Å². The summed E-state index contributed by atoms with van der Waals surface area (Å²) in [6, 6.07) is 6.52. The summed E-state index contributed by atoms with van der Waals surface area (Å²) in [6.07, 6.45) is 11.0. The van der Waals surface area contributed by atoms with Crippen LogP contribution in [0.15, 0.2) is 43.1 Å². The molecule has 1 saturated carbocycles. The number of fused-ring (bicyclic) bond motifs is 1. The van der Waals surface area contributed by atoms with E-state index in [1.165, 1.54) is 24.7 Å². The summed E-state index contributed by atoms with van der Waals surface area (Å²) >= 11 is 0. The van der Waals surface area contributed by atoms with E-state index < -0.39 is 0 Å². The Balaban J connectivity index is 1.29. The largest absolute Gasteiger partial charge is 0.339 e. The van der Waals surface area contributed by atoms with Crippen molar-refractivity contribution in [2.75, 3.05) is 13.1 Å². The van der Waals surface area contributed by atoms with Crippen molar-refractivity contribution in [2.24, 2.45) is 0 Å². The number of carbonyl (C=O) groups excluding carboxylic acids is 1. The van der Waals surface area contributed by atoms with Gasteiger partial charge in [0.15, 0.2) is 5.65 Å². The maximum atomic E-state index is 12.5. The number of amides is 1. The Morgan fingerprint density at radius 1 is 0.963 bits per heavy atom. The second kappa shape index (κ2) is 6.68. The zero-order valence-electron chi connectivity index (χ0n) is 15.1. The van der Waals surface area contributed by atoms with E-state index in [9.17, 15) is 4.79 Å². The molecule has 0 spiro atoms. The van der Waals surface area contributed by atoms with Crippen molar-refractivity contribution in [3.63, 3.8) is 0 Å². The van der Waals surface area contributed by atoms with Crippen molar-refractivity contribution in [2.45, 2.75) is 37.5 Å². The quantitative estimate of drug-likeness (QED) is 0.717. The fourth-order valence-corrected chi connectivity index (χ4v) is 3.88. The van der Waals surface area contributed by atoms with Crippen LogP contribution < -0.4 is 0 Å². The molecule has 0 atom stereocenters. The van der Waals surface area contributed by atoms with Gasteiger partial charge in [0, 0.05) is 48.7 Å². The average molecular weight is 359 g/mol. The zero-order chi connectivity index (χ0) is 18.2. The zero-order valence-corrected chi connectivity index (χ0v) is 15.1. The normalized spacial score (nSPS) is 18.0. The Kier molecular flexibility index (Phi) is 4.03. The van der Waals surface area contributed by atoms with E-state index in [4.69, 9.17) is 4.98 Å². The van der Waals surface area contributed by atoms with E-state index >= 15 is 0 Å². The minimum absolute atomic E-state index is 0.00907. The lowest BCUT2D eigenvalue weighted by Gasteiger charge is -2.31. The van der Waals surface area contributed by atoms with Gasteiger partial charge in [0.2, 0.25) is 0 Å². The summed E-state index contributed by atoms with van der Waals surface area (Å²) in [7, 11) is 0. The number of hydrogen-bond donors (Lipinski definition) is 0. The molecule has 1 amide bonds. The molecule has 1 aliphatic heterocycles. The molecule has 1 aliphatic carbocycles. The third-order valence-electron chi connectivity index (χ3n) is 5.64. The fraction of sp³-hybridized carbons (Fsp3) is 0.381. The smallest absolute Gasteiger partial charge is 0.256 e. The predicted molar refractivity (Wildman–Crippen MR) is 101 cm³/mol. The van der Waals surface area contributed by atoms with Crippen LogP contribution in [0, 0.1) is 0 Å². The minimum Gasteiger partial charge on any atom is -0.339 e. The van der Waals surface area contributed by atoms with Crippen LogP contribution in [0.1, 0.15) is 59.1 Å². The highest BCUT2D eigenvalue weighted by Gasteiger charge is 2.26. The molecule has 3 aromatic rings. The van der Waals surface area contributed by atoms with Crippen LogP contribution in [-0.4, -0.2) is 43.8 Å². The van der Waals surface area contributed by atoms with Crippen LogP contribution in [0.5, 0.6) is 0 Å². The van der Waals surface area contributed by atoms with Crippen LogP contribution in [0.25, 0.3) is 11.0 Å². The van der Waals surface area contributed by atoms with Gasteiger partial charge < -0.3 is 4.90 Å². The Bertz CT molecular complexity index is 978. The minimum atomic E-state index is 0.00907. The van der Waals surface area contributed by atoms with Crippen LogP contribution in [0.4, 0.5) is 0 Å². The van der Waals surface area contributed by atoms with E-state index in [0.29, 0.717) is 17.4 Å². The highest BCUT2D eigenvalue weighted by atomic mass is 16.2. The van der Waals surface area contributed by atoms with Gasteiger partial charge in [-0.3, -0.25) is 4.79 Å². The predicted octanol–water partition coefficient (Wildman–Crippen LogP) is 3.32. The number of piperidine rings is 1. The number of pyridine rings is 2. The van der Waals surface area contributed by atoms with Gasteiger partial charge in [-0.25, -0.2) is 19.9 Å². The van der Waals surface area contributed by atoms with Crippen LogP contribution in [0.2, 0.25) is 0 Å². The SMILES string of the molecule is O=C(c1cncnc1)N1CCC(c2ccc3cc(C4CC4)cnc3n2)CC1. The number of likely N-dealkylation sites (tertiary alicyclic amines) is 1. The van der Waals surface area contributed by atoms with E-state index in [1.807, 2.05) is 11.1 Å². The Morgan fingerprint density at radius 2 is 1.74 bits per heavy atom. The van der Waals surface area contributed by atoms with E-state index in [1.54, 1.807) is 12.4 Å². The maximum Gasteiger partial charge on any atom is 0.256 e. The highest BCUT2D eigenvalue weighted by molar-refractivity contribution is 5.93. The first kappa shape index (κ1) is 16.3. The van der Waals surface area contributed by atoms with Gasteiger partial charge in [0.05, 0.1) is 5.56 Å². The average Bonchev–Trinajstić information content (AvgIpc) is 3.59. The molecule has 27 heavy (non-hydrogen) atoms. The molecule has 0 radical (unpaired) electrons. The van der Waals surface area contributed by atoms with E-state index in [-0.39, 0.29) is 5.91 Å². The first-order chi connectivity index (χ1) is 13.3. The van der Waals surface area contributed by atoms with Crippen molar-refractivity contribution >= 4 is 16.9 Å². The Hall–Kier alpha value is -2.89. The summed E-state index contributed by atoms with van der Waals surface area (Å²) in [6.45, 7) is 1.46. The Labute approximate surface area is 157 Å². The van der Waals surface area contributed by atoms with Crippen molar-refractivity contribution in [1.82, 2.24) is 24.8 Å². The lowest BCUT2D eigenvalue weighted by molar-refractivity contribution is 0.0711. The molecule has 0 N–H and O–H groups in total. The summed E-state index contributed by atoms with van der Waals surface area (Å²) in [4.78, 5) is 31.7. The van der Waals surface area contributed by atoms with Gasteiger partial charge in [0.1, 0.15) is 6.33 Å². The number of hydrogen-bond acceptors (Lipinski definition) is 5. The second-order valence-electron chi connectivity index (χ2n) is 7.52. The maximum absolute atomic E-state index is 12.5. The molecular weight excluding hydrogens is 338 g/mol. The van der Waals surface area contributed by atoms with Crippen LogP contribution in [0.3, 0.4) is 0 Å². The lowest BCUT2D eigenvalue weighted by atomic mass is 9.92. The van der Waals surface area contributed by atoms with Crippen LogP contribution >= 0.6 is 0 Å². The second-order valence-corrected chi connectivity index (χ2v) is 7.52. The molecule has 6 nitrogen and oxygen atoms in total. The van der Waals surface area contributed by atoms with Gasteiger partial charge in [-0.2, -0.15) is 0 Å². The van der Waals surface area contributed by atoms with Gasteiger partial charge in [-0.1, -0.05) is 0 Å². The number of aromatic nitrogens is 4. The molecule has 5 rings (SSSR count). The number of carbonyl (C=O) groups is 1. The van der Waals surface area contributed by atoms with Crippen molar-refractivity contribution in [1.29, 1.82) is 0 Å². The summed E-state index contributed by atoms with van der Waals surface area (Å²) in [5.41, 5.74) is 3.81. The molecule has 136 valence electrons. The monoisotopic (exact) mass is 359 g/mol. The Morgan fingerprint density at radius 3 is 2.48 bits per heavy atom. The summed E-state index contributed by atoms with van der Waals surface area (Å²) in [5, 5.41) is 1.12. The van der Waals surface area contributed by atoms with E-state index in [0.717, 1.165) is 42.7 Å². The molecule has 0 aromatic carbocycles. The third-order valence-corrected chi connectivity index (χ3v) is 5.64. The van der Waals surface area contributed by atoms with Gasteiger partial charge in [0.25, 0.3) is 5.91 Å². The fourth-order valence-electron chi connectivity index (χ4n) is 3.88. The van der Waals surface area contributed by atoms with Gasteiger partial charge >= 0.3 is 0 Å². The van der Waals surface area contributed by atoms with Gasteiger partial charge in [-0.05, 0) is 55.4 Å². The van der Waals surface area contributed by atoms with E-state index in [2.05, 4.69) is 33.2 Å². The molecule has 6 heteroatoms. The first-order valence-corrected chi connectivity index (χ1v) is 9.59. The topological polar surface area (TPSA) is 71.9 Å². The molecule has 1 saturated heterocycles. The van der Waals surface area contributed by atoms with Gasteiger partial charge in [-0.15, -0.1) is 0 Å². The molecular formula is C21H21N5O. The number of rotatable bonds is 3. The molecule has 2 aliphatic rings. The summed E-state index contributed by atoms with van der Waals surface area (Å²) < 4.78 is 0. The van der Waals surface area contributed by atoms with Crippen molar-refractivity contribution in [3.05, 3.63) is 59.9 Å². The first-order valence-electron chi connectivity index (χ1n) is 9.59. The lowest BCUT2D eigenvalue weighted by Crippen LogP contribution is -2.38. The highest BCUT2D eigenvalue weighted by Crippen LogP contribution is 2.40. The molecule has 2 fully saturated rings. The van der Waals surface area contributed by atoms with Crippen molar-refractivity contribution < 1.29 is 4.79 Å². The summed E-state index contributed by atoms with van der Waals surface area (Å²) in [5.74, 6) is 1.09.